The lowest BCUT2D eigenvalue weighted by atomic mass is 9.82. The van der Waals surface area contributed by atoms with Gasteiger partial charge in [-0.05, 0) is 49.5 Å². The second-order valence-corrected chi connectivity index (χ2v) is 8.69. The number of rotatable bonds is 4. The molecule has 3 aliphatic rings. The van der Waals surface area contributed by atoms with Crippen molar-refractivity contribution in [2.24, 2.45) is 23.7 Å². The first-order valence-electron chi connectivity index (χ1n) is 9.46. The number of aryl methyl sites for hydroxylation is 1. The number of amides is 1. The lowest BCUT2D eigenvalue weighted by Crippen LogP contribution is -2.36. The van der Waals surface area contributed by atoms with E-state index in [0.29, 0.717) is 17.0 Å². The Kier molecular flexibility index (Phi) is 4.80. The zero-order valence-electron chi connectivity index (χ0n) is 15.2. The van der Waals surface area contributed by atoms with E-state index < -0.39 is 23.8 Å². The van der Waals surface area contributed by atoms with Gasteiger partial charge in [-0.15, -0.1) is 11.3 Å². The van der Waals surface area contributed by atoms with Gasteiger partial charge in [0.2, 0.25) is 5.91 Å². The fourth-order valence-corrected chi connectivity index (χ4v) is 6.14. The van der Waals surface area contributed by atoms with Gasteiger partial charge in [0.15, 0.2) is 0 Å². The van der Waals surface area contributed by atoms with Gasteiger partial charge < -0.3 is 15.2 Å². The van der Waals surface area contributed by atoms with Crippen LogP contribution >= 0.6 is 11.3 Å². The molecule has 27 heavy (non-hydrogen) atoms. The Morgan fingerprint density at radius 1 is 1.11 bits per heavy atom. The van der Waals surface area contributed by atoms with E-state index in [-0.39, 0.29) is 17.7 Å². The summed E-state index contributed by atoms with van der Waals surface area (Å²) in [5, 5.41) is 13.0. The molecule has 1 aromatic rings. The molecule has 0 unspecified atom stereocenters. The number of thiophene rings is 1. The average molecular weight is 389 g/mol. The summed E-state index contributed by atoms with van der Waals surface area (Å²) >= 11 is 1.44. The van der Waals surface area contributed by atoms with Crippen molar-refractivity contribution in [3.8, 4) is 0 Å². The van der Waals surface area contributed by atoms with Crippen molar-refractivity contribution < 1.29 is 24.2 Å². The molecule has 144 valence electrons. The van der Waals surface area contributed by atoms with Gasteiger partial charge in [-0.3, -0.25) is 9.59 Å². The molecular formula is C20H23NO5S. The first kappa shape index (κ1) is 18.2. The minimum atomic E-state index is -0.929. The Morgan fingerprint density at radius 3 is 2.52 bits per heavy atom. The summed E-state index contributed by atoms with van der Waals surface area (Å²) in [5.74, 6) is -3.08. The van der Waals surface area contributed by atoms with Crippen molar-refractivity contribution >= 4 is 34.2 Å². The van der Waals surface area contributed by atoms with Crippen LogP contribution in [0.5, 0.6) is 0 Å². The highest BCUT2D eigenvalue weighted by molar-refractivity contribution is 7.17. The molecule has 7 heteroatoms. The van der Waals surface area contributed by atoms with Gasteiger partial charge in [0.25, 0.3) is 0 Å². The fourth-order valence-electron chi connectivity index (χ4n) is 4.86. The number of aliphatic carboxylic acids is 1. The molecule has 0 spiro atoms. The van der Waals surface area contributed by atoms with Crippen LogP contribution in [-0.4, -0.2) is 30.1 Å². The lowest BCUT2D eigenvalue weighted by molar-refractivity contribution is -0.146. The summed E-state index contributed by atoms with van der Waals surface area (Å²) in [6.45, 7) is 0. The minimum absolute atomic E-state index is 0.0459. The second kappa shape index (κ2) is 7.11. The molecule has 2 bridgehead atoms. The number of esters is 1. The molecular weight excluding hydrogens is 366 g/mol. The van der Waals surface area contributed by atoms with Gasteiger partial charge in [-0.1, -0.05) is 18.6 Å². The van der Waals surface area contributed by atoms with Gasteiger partial charge in [0.05, 0.1) is 24.5 Å². The van der Waals surface area contributed by atoms with E-state index in [1.165, 1.54) is 18.4 Å². The average Bonchev–Trinajstić information content (AvgIpc) is 3.30. The number of fused-ring (bicyclic) bond motifs is 3. The zero-order chi connectivity index (χ0) is 19.1. The van der Waals surface area contributed by atoms with Crippen LogP contribution in [0.25, 0.3) is 0 Å². The summed E-state index contributed by atoms with van der Waals surface area (Å²) in [5.41, 5.74) is 1.44. The van der Waals surface area contributed by atoms with Crippen molar-refractivity contribution in [3.63, 3.8) is 0 Å². The number of carboxylic acids is 1. The molecule has 1 aromatic heterocycles. The largest absolute Gasteiger partial charge is 0.481 e. The Labute approximate surface area is 161 Å². The van der Waals surface area contributed by atoms with Crippen LogP contribution in [0.15, 0.2) is 12.2 Å². The molecule has 0 aromatic carbocycles. The lowest BCUT2D eigenvalue weighted by Gasteiger charge is -2.23. The summed E-state index contributed by atoms with van der Waals surface area (Å²) in [4.78, 5) is 38.2. The van der Waals surface area contributed by atoms with Crippen LogP contribution in [0.4, 0.5) is 5.00 Å². The quantitative estimate of drug-likeness (QED) is 0.468. The second-order valence-electron chi connectivity index (χ2n) is 7.59. The maximum atomic E-state index is 13.0. The number of ether oxygens (including phenoxy) is 1. The maximum Gasteiger partial charge on any atom is 0.341 e. The van der Waals surface area contributed by atoms with Crippen LogP contribution in [0, 0.1) is 23.7 Å². The fraction of sp³-hybridized carbons (Fsp3) is 0.550. The topological polar surface area (TPSA) is 92.7 Å². The summed E-state index contributed by atoms with van der Waals surface area (Å²) in [7, 11) is 1.34. The maximum absolute atomic E-state index is 13.0. The molecule has 2 N–H and O–H groups in total. The van der Waals surface area contributed by atoms with Crippen molar-refractivity contribution in [1.82, 2.24) is 0 Å². The molecule has 0 radical (unpaired) electrons. The Morgan fingerprint density at radius 2 is 1.81 bits per heavy atom. The Hall–Kier alpha value is -2.15. The van der Waals surface area contributed by atoms with Crippen LogP contribution < -0.4 is 5.32 Å². The van der Waals surface area contributed by atoms with Crippen molar-refractivity contribution in [3.05, 3.63) is 28.2 Å². The molecule has 4 atom stereocenters. The molecule has 1 fully saturated rings. The van der Waals surface area contributed by atoms with E-state index in [0.717, 1.165) is 42.5 Å². The standard InChI is InChI=1S/C20H23NO5S/c1-26-20(25)16-12-5-3-2-4-6-13(12)27-18(16)21-17(22)14-10-7-8-11(9-10)15(14)19(23)24/h7-8,10-11,14-15H,2-6,9H2,1H3,(H,21,22)(H,23,24)/t10-,11+,14+,15+/m1/s1. The number of methoxy groups -OCH3 is 1. The number of anilines is 1. The van der Waals surface area contributed by atoms with E-state index >= 15 is 0 Å². The van der Waals surface area contributed by atoms with Crippen molar-refractivity contribution in [1.29, 1.82) is 0 Å². The number of hydrogen-bond acceptors (Lipinski definition) is 5. The molecule has 0 aliphatic heterocycles. The SMILES string of the molecule is COC(=O)c1c(NC(=O)[C@@H]2[C@@H](C(=O)O)[C@H]3C=C[C@@H]2C3)sc2c1CCCCC2. The number of allylic oxidation sites excluding steroid dienone is 2. The Balaban J connectivity index is 1.64. The predicted octanol–water partition coefficient (Wildman–Crippen LogP) is 3.27. The summed E-state index contributed by atoms with van der Waals surface area (Å²) in [6, 6.07) is 0. The molecule has 1 heterocycles. The van der Waals surface area contributed by atoms with Gasteiger partial charge in [-0.2, -0.15) is 0 Å². The molecule has 6 nitrogen and oxygen atoms in total. The van der Waals surface area contributed by atoms with E-state index in [1.807, 2.05) is 12.2 Å². The van der Waals surface area contributed by atoms with E-state index in [2.05, 4.69) is 5.32 Å². The molecule has 1 saturated carbocycles. The smallest absolute Gasteiger partial charge is 0.341 e. The van der Waals surface area contributed by atoms with Crippen LogP contribution in [0.2, 0.25) is 0 Å². The van der Waals surface area contributed by atoms with Gasteiger partial charge >= 0.3 is 11.9 Å². The van der Waals surface area contributed by atoms with Crippen molar-refractivity contribution in [2.45, 2.75) is 38.5 Å². The minimum Gasteiger partial charge on any atom is -0.481 e. The third-order valence-corrected chi connectivity index (χ3v) is 7.30. The predicted molar refractivity (Wildman–Crippen MR) is 101 cm³/mol. The summed E-state index contributed by atoms with van der Waals surface area (Å²) < 4.78 is 4.97. The summed E-state index contributed by atoms with van der Waals surface area (Å²) in [6.07, 6.45) is 9.50. The third-order valence-electron chi connectivity index (χ3n) is 6.09. The number of carbonyl (C=O) groups is 3. The first-order chi connectivity index (χ1) is 13.0. The van der Waals surface area contributed by atoms with Gasteiger partial charge in [0.1, 0.15) is 5.00 Å². The van der Waals surface area contributed by atoms with E-state index in [4.69, 9.17) is 4.74 Å². The van der Waals surface area contributed by atoms with Gasteiger partial charge in [0, 0.05) is 4.88 Å². The Bertz CT molecular complexity index is 827. The van der Waals surface area contributed by atoms with Crippen molar-refractivity contribution in [2.75, 3.05) is 12.4 Å². The van der Waals surface area contributed by atoms with Gasteiger partial charge in [-0.25, -0.2) is 4.79 Å². The zero-order valence-corrected chi connectivity index (χ0v) is 16.0. The molecule has 1 amide bonds. The normalized spacial score (nSPS) is 28.5. The van der Waals surface area contributed by atoms with E-state index in [1.54, 1.807) is 0 Å². The molecule has 0 saturated heterocycles. The number of carboxylic acid groups (broad SMARTS) is 1. The highest BCUT2D eigenvalue weighted by Gasteiger charge is 2.51. The van der Waals surface area contributed by atoms with Crippen LogP contribution in [-0.2, 0) is 27.2 Å². The highest BCUT2D eigenvalue weighted by Crippen LogP contribution is 2.49. The molecule has 3 aliphatic carbocycles. The van der Waals surface area contributed by atoms with E-state index in [9.17, 15) is 19.5 Å². The number of carbonyl (C=O) groups excluding carboxylic acids is 2. The van der Waals surface area contributed by atoms with Crippen LogP contribution in [0.3, 0.4) is 0 Å². The number of nitrogens with one attached hydrogen (secondary N) is 1. The number of hydrogen-bond donors (Lipinski definition) is 2. The highest BCUT2D eigenvalue weighted by atomic mass is 32.1. The monoisotopic (exact) mass is 389 g/mol. The molecule has 4 rings (SSSR count). The third kappa shape index (κ3) is 3.08. The first-order valence-corrected chi connectivity index (χ1v) is 10.3. The van der Waals surface area contributed by atoms with Crippen LogP contribution in [0.1, 0.15) is 46.5 Å².